The van der Waals surface area contributed by atoms with Gasteiger partial charge in [0, 0.05) is 32.8 Å². The van der Waals surface area contributed by atoms with Gasteiger partial charge >= 0.3 is 0 Å². The predicted molar refractivity (Wildman–Crippen MR) is 77.2 cm³/mol. The molecular weight excluding hydrogens is 242 g/mol. The maximum absolute atomic E-state index is 11.8. The highest BCUT2D eigenvalue weighted by Crippen LogP contribution is 2.15. The zero-order valence-corrected chi connectivity index (χ0v) is 12.0. The van der Waals surface area contributed by atoms with E-state index in [1.165, 1.54) is 12.8 Å². The van der Waals surface area contributed by atoms with Crippen molar-refractivity contribution in [2.75, 3.05) is 46.4 Å². The highest BCUT2D eigenvalue weighted by Gasteiger charge is 2.23. The summed E-state index contributed by atoms with van der Waals surface area (Å²) in [5, 5.41) is 6.23. The van der Waals surface area contributed by atoms with Crippen molar-refractivity contribution in [3.05, 3.63) is 12.7 Å². The topological polar surface area (TPSA) is 53.6 Å². The third-order valence-electron chi connectivity index (χ3n) is 3.40. The van der Waals surface area contributed by atoms with Crippen LogP contribution in [0.1, 0.15) is 19.3 Å². The Morgan fingerprint density at radius 3 is 3.11 bits per heavy atom. The van der Waals surface area contributed by atoms with Crippen molar-refractivity contribution in [1.29, 1.82) is 0 Å². The fourth-order valence-electron chi connectivity index (χ4n) is 2.37. The van der Waals surface area contributed by atoms with E-state index in [0.717, 1.165) is 32.7 Å². The highest BCUT2D eigenvalue weighted by molar-refractivity contribution is 5.78. The molecule has 1 aliphatic rings. The van der Waals surface area contributed by atoms with Gasteiger partial charge in [-0.1, -0.05) is 12.5 Å². The Morgan fingerprint density at radius 1 is 1.53 bits per heavy atom. The van der Waals surface area contributed by atoms with Crippen LogP contribution < -0.4 is 10.6 Å². The molecule has 0 spiro atoms. The van der Waals surface area contributed by atoms with Gasteiger partial charge in [0.1, 0.15) is 0 Å². The Labute approximate surface area is 116 Å². The van der Waals surface area contributed by atoms with Crippen molar-refractivity contribution in [3.63, 3.8) is 0 Å². The molecule has 1 aliphatic heterocycles. The third-order valence-corrected chi connectivity index (χ3v) is 3.40. The smallest absolute Gasteiger partial charge is 0.234 e. The SMILES string of the molecule is C=CCNC(=O)CN1CCCCC1CNCCOC. The van der Waals surface area contributed by atoms with Crippen molar-refractivity contribution in [1.82, 2.24) is 15.5 Å². The Hall–Kier alpha value is -0.910. The van der Waals surface area contributed by atoms with Gasteiger partial charge in [0.15, 0.2) is 0 Å². The molecule has 1 amide bonds. The van der Waals surface area contributed by atoms with Crippen LogP contribution in [-0.2, 0) is 9.53 Å². The molecule has 1 fully saturated rings. The summed E-state index contributed by atoms with van der Waals surface area (Å²) in [6.45, 7) is 8.17. The van der Waals surface area contributed by atoms with Crippen LogP contribution in [-0.4, -0.2) is 63.3 Å². The quantitative estimate of drug-likeness (QED) is 0.469. The number of nitrogens with one attached hydrogen (secondary N) is 2. The zero-order chi connectivity index (χ0) is 13.9. The number of hydrogen-bond donors (Lipinski definition) is 2. The molecule has 1 heterocycles. The summed E-state index contributed by atoms with van der Waals surface area (Å²) in [4.78, 5) is 14.0. The van der Waals surface area contributed by atoms with Gasteiger partial charge in [-0.3, -0.25) is 9.69 Å². The van der Waals surface area contributed by atoms with Gasteiger partial charge in [0.2, 0.25) is 5.91 Å². The maximum atomic E-state index is 11.8. The van der Waals surface area contributed by atoms with E-state index in [4.69, 9.17) is 4.74 Å². The minimum absolute atomic E-state index is 0.0868. The molecule has 0 aromatic carbocycles. The molecule has 1 atom stereocenters. The lowest BCUT2D eigenvalue weighted by Crippen LogP contribution is -2.49. The number of carbonyl (C=O) groups excluding carboxylic acids is 1. The lowest BCUT2D eigenvalue weighted by molar-refractivity contribution is -0.122. The van der Waals surface area contributed by atoms with Crippen LogP contribution in [0.3, 0.4) is 0 Å². The van der Waals surface area contributed by atoms with E-state index in [9.17, 15) is 4.79 Å². The second kappa shape index (κ2) is 9.95. The molecular formula is C14H27N3O2. The minimum atomic E-state index is 0.0868. The normalized spacial score (nSPS) is 20.2. The fraction of sp³-hybridized carbons (Fsp3) is 0.786. The number of amides is 1. The lowest BCUT2D eigenvalue weighted by atomic mass is 10.0. The maximum Gasteiger partial charge on any atom is 0.234 e. The van der Waals surface area contributed by atoms with E-state index in [1.54, 1.807) is 13.2 Å². The van der Waals surface area contributed by atoms with Gasteiger partial charge < -0.3 is 15.4 Å². The van der Waals surface area contributed by atoms with Gasteiger partial charge in [-0.05, 0) is 19.4 Å². The number of hydrogen-bond acceptors (Lipinski definition) is 4. The largest absolute Gasteiger partial charge is 0.383 e. The summed E-state index contributed by atoms with van der Waals surface area (Å²) >= 11 is 0. The number of methoxy groups -OCH3 is 1. The van der Waals surface area contributed by atoms with Gasteiger partial charge in [-0.15, -0.1) is 6.58 Å². The number of carbonyl (C=O) groups is 1. The van der Waals surface area contributed by atoms with Crippen LogP contribution >= 0.6 is 0 Å². The van der Waals surface area contributed by atoms with Crippen LogP contribution in [0.25, 0.3) is 0 Å². The molecule has 0 aliphatic carbocycles. The van der Waals surface area contributed by atoms with Crippen LogP contribution in [0, 0.1) is 0 Å². The van der Waals surface area contributed by atoms with Gasteiger partial charge in [-0.25, -0.2) is 0 Å². The number of rotatable bonds is 9. The summed E-state index contributed by atoms with van der Waals surface area (Å²) < 4.78 is 5.02. The Bertz CT molecular complexity index is 271. The molecule has 0 aromatic rings. The van der Waals surface area contributed by atoms with Gasteiger partial charge in [-0.2, -0.15) is 0 Å². The van der Waals surface area contributed by atoms with Gasteiger partial charge in [0.05, 0.1) is 13.2 Å². The monoisotopic (exact) mass is 269 g/mol. The first-order chi connectivity index (χ1) is 9.27. The van der Waals surface area contributed by atoms with E-state index < -0.39 is 0 Å². The number of nitrogens with zero attached hydrogens (tertiary/aromatic N) is 1. The number of piperidine rings is 1. The van der Waals surface area contributed by atoms with Crippen LogP contribution in [0.4, 0.5) is 0 Å². The molecule has 0 aromatic heterocycles. The molecule has 19 heavy (non-hydrogen) atoms. The number of ether oxygens (including phenoxy) is 1. The highest BCUT2D eigenvalue weighted by atomic mass is 16.5. The molecule has 2 N–H and O–H groups in total. The molecule has 5 heteroatoms. The molecule has 0 radical (unpaired) electrons. The lowest BCUT2D eigenvalue weighted by Gasteiger charge is -2.35. The van der Waals surface area contributed by atoms with E-state index in [0.29, 0.717) is 19.1 Å². The summed E-state index contributed by atoms with van der Waals surface area (Å²) in [7, 11) is 1.71. The van der Waals surface area contributed by atoms with Crippen molar-refractivity contribution in [2.45, 2.75) is 25.3 Å². The van der Waals surface area contributed by atoms with E-state index in [2.05, 4.69) is 22.1 Å². The summed E-state index contributed by atoms with van der Waals surface area (Å²) in [6, 6.07) is 0.458. The van der Waals surface area contributed by atoms with Crippen molar-refractivity contribution >= 4 is 5.91 Å². The molecule has 0 saturated carbocycles. The summed E-state index contributed by atoms with van der Waals surface area (Å²) in [5.74, 6) is 0.0868. The van der Waals surface area contributed by atoms with Crippen molar-refractivity contribution in [2.24, 2.45) is 0 Å². The van der Waals surface area contributed by atoms with Crippen molar-refractivity contribution < 1.29 is 9.53 Å². The average Bonchev–Trinajstić information content (AvgIpc) is 2.43. The molecule has 110 valence electrons. The first-order valence-electron chi connectivity index (χ1n) is 7.09. The Kier molecular flexibility index (Phi) is 8.45. The Balaban J connectivity index is 2.30. The molecule has 5 nitrogen and oxygen atoms in total. The summed E-state index contributed by atoms with van der Waals surface area (Å²) in [6.07, 6.45) is 5.30. The summed E-state index contributed by atoms with van der Waals surface area (Å²) in [5.41, 5.74) is 0. The second-order valence-electron chi connectivity index (χ2n) is 4.91. The first kappa shape index (κ1) is 16.1. The van der Waals surface area contributed by atoms with Crippen LogP contribution in [0.15, 0.2) is 12.7 Å². The van der Waals surface area contributed by atoms with E-state index in [1.807, 2.05) is 0 Å². The number of likely N-dealkylation sites (tertiary alicyclic amines) is 1. The van der Waals surface area contributed by atoms with Crippen molar-refractivity contribution in [3.8, 4) is 0 Å². The molecule has 1 saturated heterocycles. The Morgan fingerprint density at radius 2 is 2.37 bits per heavy atom. The average molecular weight is 269 g/mol. The molecule has 1 rings (SSSR count). The fourth-order valence-corrected chi connectivity index (χ4v) is 2.37. The standard InChI is InChI=1S/C14H27N3O2/c1-3-7-16-14(18)12-17-9-5-4-6-13(17)11-15-8-10-19-2/h3,13,15H,1,4-12H2,2H3,(H,16,18). The third kappa shape index (κ3) is 6.71. The van der Waals surface area contributed by atoms with Crippen LogP contribution in [0.2, 0.25) is 0 Å². The van der Waals surface area contributed by atoms with Crippen LogP contribution in [0.5, 0.6) is 0 Å². The second-order valence-corrected chi connectivity index (χ2v) is 4.91. The van der Waals surface area contributed by atoms with E-state index >= 15 is 0 Å². The van der Waals surface area contributed by atoms with E-state index in [-0.39, 0.29) is 5.91 Å². The predicted octanol–water partition coefficient (Wildman–Crippen LogP) is 0.379. The minimum Gasteiger partial charge on any atom is -0.383 e. The molecule has 0 bridgehead atoms. The molecule has 1 unspecified atom stereocenters. The first-order valence-corrected chi connectivity index (χ1v) is 7.09. The zero-order valence-electron chi connectivity index (χ0n) is 12.0. The van der Waals surface area contributed by atoms with Gasteiger partial charge in [0.25, 0.3) is 0 Å².